The van der Waals surface area contributed by atoms with Gasteiger partial charge in [-0.3, -0.25) is 4.79 Å². The fourth-order valence-corrected chi connectivity index (χ4v) is 3.37. The van der Waals surface area contributed by atoms with Crippen molar-refractivity contribution in [1.29, 1.82) is 0 Å². The Morgan fingerprint density at radius 1 is 1.48 bits per heavy atom. The summed E-state index contributed by atoms with van der Waals surface area (Å²) >= 11 is 5.87. The minimum Gasteiger partial charge on any atom is -0.506 e. The fourth-order valence-electron chi connectivity index (χ4n) is 3.17. The second-order valence-electron chi connectivity index (χ2n) is 6.93. The lowest BCUT2D eigenvalue weighted by Gasteiger charge is -2.33. The van der Waals surface area contributed by atoms with Gasteiger partial charge in [0, 0.05) is 19.6 Å². The maximum absolute atomic E-state index is 12.1. The highest BCUT2D eigenvalue weighted by atomic mass is 35.5. The third kappa shape index (κ3) is 6.04. The summed E-state index contributed by atoms with van der Waals surface area (Å²) in [5, 5.41) is 12.7. The van der Waals surface area contributed by atoms with E-state index in [1.807, 2.05) is 0 Å². The smallest absolute Gasteiger partial charge is 0.224 e. The van der Waals surface area contributed by atoms with Crippen LogP contribution in [0.2, 0.25) is 5.02 Å². The maximum atomic E-state index is 12.1. The number of phenolic OH excluding ortho intramolecular Hbond substituents is 1. The molecule has 1 atom stereocenters. The average molecular weight is 339 g/mol. The topological polar surface area (TPSA) is 52.6 Å². The van der Waals surface area contributed by atoms with Crippen molar-refractivity contribution in [2.45, 2.75) is 33.1 Å². The molecule has 0 bridgehead atoms. The van der Waals surface area contributed by atoms with Gasteiger partial charge in [-0.25, -0.2) is 0 Å². The van der Waals surface area contributed by atoms with Crippen molar-refractivity contribution in [3.05, 3.63) is 28.8 Å². The van der Waals surface area contributed by atoms with Gasteiger partial charge in [0.1, 0.15) is 5.75 Å². The van der Waals surface area contributed by atoms with Gasteiger partial charge in [-0.15, -0.1) is 0 Å². The van der Waals surface area contributed by atoms with Crippen LogP contribution < -0.4 is 5.32 Å². The van der Waals surface area contributed by atoms with Gasteiger partial charge in [0.15, 0.2) is 0 Å². The number of carbonyl (C=O) groups is 1. The van der Waals surface area contributed by atoms with Gasteiger partial charge < -0.3 is 15.3 Å². The van der Waals surface area contributed by atoms with Crippen LogP contribution in [0.15, 0.2) is 18.2 Å². The number of likely N-dealkylation sites (tertiary alicyclic amines) is 1. The third-order valence-corrected chi connectivity index (χ3v) is 4.49. The Hall–Kier alpha value is -1.26. The summed E-state index contributed by atoms with van der Waals surface area (Å²) in [7, 11) is 0. The molecule has 1 amide bonds. The summed E-state index contributed by atoms with van der Waals surface area (Å²) in [5.74, 6) is 1.27. The molecule has 1 saturated heterocycles. The molecule has 2 rings (SSSR count). The van der Waals surface area contributed by atoms with E-state index < -0.39 is 0 Å². The molecule has 1 aromatic carbocycles. The number of piperidine rings is 1. The molecule has 4 nitrogen and oxygen atoms in total. The number of rotatable bonds is 6. The highest BCUT2D eigenvalue weighted by Gasteiger charge is 2.20. The van der Waals surface area contributed by atoms with E-state index >= 15 is 0 Å². The highest BCUT2D eigenvalue weighted by Crippen LogP contribution is 2.23. The lowest BCUT2D eigenvalue weighted by atomic mass is 9.97. The molecular formula is C18H27ClN2O2. The number of amides is 1. The Morgan fingerprint density at radius 3 is 2.96 bits per heavy atom. The zero-order valence-electron chi connectivity index (χ0n) is 14.0. The number of carbonyl (C=O) groups excluding carboxylic acids is 1. The van der Waals surface area contributed by atoms with Gasteiger partial charge in [0.2, 0.25) is 5.91 Å². The first-order chi connectivity index (χ1) is 10.9. The normalized spacial score (nSPS) is 19.0. The first-order valence-electron chi connectivity index (χ1n) is 8.40. The summed E-state index contributed by atoms with van der Waals surface area (Å²) < 4.78 is 0. The molecule has 23 heavy (non-hydrogen) atoms. The first-order valence-corrected chi connectivity index (χ1v) is 8.78. The van der Waals surface area contributed by atoms with E-state index in [4.69, 9.17) is 11.6 Å². The molecular weight excluding hydrogens is 312 g/mol. The van der Waals surface area contributed by atoms with Crippen molar-refractivity contribution in [2.24, 2.45) is 11.8 Å². The summed E-state index contributed by atoms with van der Waals surface area (Å²) in [4.78, 5) is 14.6. The number of phenols is 1. The van der Waals surface area contributed by atoms with Crippen LogP contribution in [0.5, 0.6) is 5.75 Å². The van der Waals surface area contributed by atoms with Gasteiger partial charge in [0.05, 0.1) is 11.4 Å². The summed E-state index contributed by atoms with van der Waals surface area (Å²) in [6.07, 6.45) is 2.68. The van der Waals surface area contributed by atoms with E-state index in [1.54, 1.807) is 12.1 Å². The number of benzene rings is 1. The summed E-state index contributed by atoms with van der Waals surface area (Å²) in [6.45, 7) is 8.61. The number of hydrogen-bond donors (Lipinski definition) is 2. The Balaban J connectivity index is 1.76. The monoisotopic (exact) mass is 338 g/mol. The maximum Gasteiger partial charge on any atom is 0.224 e. The predicted molar refractivity (Wildman–Crippen MR) is 93.8 cm³/mol. The Morgan fingerprint density at radius 2 is 2.26 bits per heavy atom. The molecule has 5 heteroatoms. The zero-order chi connectivity index (χ0) is 16.8. The van der Waals surface area contributed by atoms with E-state index in [0.29, 0.717) is 18.3 Å². The predicted octanol–water partition coefficient (Wildman–Crippen LogP) is 3.07. The standard InChI is InChI=1S/C18H27ClN2O2/c1-13(2)11-21-7-3-4-15(12-21)10-20-18(23)9-14-5-6-17(22)16(19)8-14/h5-6,8,13,15,22H,3-4,7,9-12H2,1-2H3,(H,20,23). The van der Waals surface area contributed by atoms with Gasteiger partial charge in [-0.1, -0.05) is 31.5 Å². The average Bonchev–Trinajstić information content (AvgIpc) is 2.49. The van der Waals surface area contributed by atoms with Crippen molar-refractivity contribution in [2.75, 3.05) is 26.2 Å². The van der Waals surface area contributed by atoms with Crippen molar-refractivity contribution in [3.63, 3.8) is 0 Å². The minimum absolute atomic E-state index is 0.00717. The molecule has 1 unspecified atom stereocenters. The van der Waals surface area contributed by atoms with Gasteiger partial charge in [-0.05, 0) is 48.9 Å². The second kappa shape index (κ2) is 8.55. The molecule has 1 aliphatic heterocycles. The van der Waals surface area contributed by atoms with E-state index in [9.17, 15) is 9.90 Å². The van der Waals surface area contributed by atoms with Crippen molar-refractivity contribution in [3.8, 4) is 5.75 Å². The Kier molecular flexibility index (Phi) is 6.72. The van der Waals surface area contributed by atoms with E-state index in [-0.39, 0.29) is 16.7 Å². The van der Waals surface area contributed by atoms with Crippen molar-refractivity contribution in [1.82, 2.24) is 10.2 Å². The number of nitrogens with one attached hydrogen (secondary N) is 1. The molecule has 1 aromatic rings. The van der Waals surface area contributed by atoms with Gasteiger partial charge >= 0.3 is 0 Å². The molecule has 2 N–H and O–H groups in total. The highest BCUT2D eigenvalue weighted by molar-refractivity contribution is 6.32. The summed E-state index contributed by atoms with van der Waals surface area (Å²) in [6, 6.07) is 4.89. The van der Waals surface area contributed by atoms with Crippen LogP contribution in [0.1, 0.15) is 32.3 Å². The second-order valence-corrected chi connectivity index (χ2v) is 7.34. The molecule has 0 spiro atoms. The number of halogens is 1. The van der Waals surface area contributed by atoms with E-state index in [0.717, 1.165) is 25.2 Å². The van der Waals surface area contributed by atoms with Crippen LogP contribution in [0.4, 0.5) is 0 Å². The van der Waals surface area contributed by atoms with Crippen LogP contribution in [0.25, 0.3) is 0 Å². The molecule has 1 aliphatic rings. The van der Waals surface area contributed by atoms with Crippen molar-refractivity contribution >= 4 is 17.5 Å². The molecule has 1 fully saturated rings. The quantitative estimate of drug-likeness (QED) is 0.838. The van der Waals surface area contributed by atoms with Crippen LogP contribution >= 0.6 is 11.6 Å². The summed E-state index contributed by atoms with van der Waals surface area (Å²) in [5.41, 5.74) is 0.815. The lowest BCUT2D eigenvalue weighted by Crippen LogP contribution is -2.42. The van der Waals surface area contributed by atoms with Crippen molar-refractivity contribution < 1.29 is 9.90 Å². The lowest BCUT2D eigenvalue weighted by molar-refractivity contribution is -0.120. The van der Waals surface area contributed by atoms with Gasteiger partial charge in [-0.2, -0.15) is 0 Å². The van der Waals surface area contributed by atoms with Crippen LogP contribution in [-0.2, 0) is 11.2 Å². The molecule has 0 radical (unpaired) electrons. The Bertz CT molecular complexity index is 534. The number of hydrogen-bond acceptors (Lipinski definition) is 3. The molecule has 128 valence electrons. The van der Waals surface area contributed by atoms with E-state index in [2.05, 4.69) is 24.1 Å². The molecule has 0 aliphatic carbocycles. The minimum atomic E-state index is 0.00717. The Labute approximate surface area is 143 Å². The first kappa shape index (κ1) is 18.1. The van der Waals surface area contributed by atoms with Crippen LogP contribution in [-0.4, -0.2) is 42.1 Å². The van der Waals surface area contributed by atoms with E-state index in [1.165, 1.54) is 25.5 Å². The zero-order valence-corrected chi connectivity index (χ0v) is 14.8. The number of nitrogens with zero attached hydrogens (tertiary/aromatic N) is 1. The van der Waals surface area contributed by atoms with Crippen LogP contribution in [0.3, 0.4) is 0 Å². The van der Waals surface area contributed by atoms with Gasteiger partial charge in [0.25, 0.3) is 0 Å². The molecule has 0 aromatic heterocycles. The third-order valence-electron chi connectivity index (χ3n) is 4.19. The number of aromatic hydroxyl groups is 1. The SMILES string of the molecule is CC(C)CN1CCCC(CNC(=O)Cc2ccc(O)c(Cl)c2)C1. The molecule has 0 saturated carbocycles. The van der Waals surface area contributed by atoms with Crippen LogP contribution in [0, 0.1) is 11.8 Å². The largest absolute Gasteiger partial charge is 0.506 e. The fraction of sp³-hybridized carbons (Fsp3) is 0.611. The molecule has 1 heterocycles.